The van der Waals surface area contributed by atoms with E-state index in [0.29, 0.717) is 40.2 Å². The van der Waals surface area contributed by atoms with Crippen molar-refractivity contribution in [3.8, 4) is 34.5 Å². The van der Waals surface area contributed by atoms with Crippen molar-refractivity contribution in [2.75, 3.05) is 18.4 Å². The molecule has 6 aromatic rings. The van der Waals surface area contributed by atoms with E-state index >= 15 is 0 Å². The molecule has 7 rings (SSSR count). The van der Waals surface area contributed by atoms with Crippen LogP contribution in [0.15, 0.2) is 85.7 Å². The number of piperidine rings is 1. The SMILES string of the molecule is N#Cc1nccc(NC2CCN(Cc3ccc(-n4c(-c5cncnc5)nc5ccc(-c6ccc(F)cn6)nc54)cc3)CC2)n1. The lowest BCUT2D eigenvalue weighted by molar-refractivity contribution is 0.211. The molecule has 1 aromatic carbocycles. The number of nitrogens with zero attached hydrogens (tertiary/aromatic N) is 10. The molecule has 1 aliphatic heterocycles. The van der Waals surface area contributed by atoms with Crippen LogP contribution in [0.5, 0.6) is 0 Å². The van der Waals surface area contributed by atoms with Crippen molar-refractivity contribution in [1.29, 1.82) is 5.26 Å². The molecule has 0 spiro atoms. The molecule has 1 N–H and O–H groups in total. The summed E-state index contributed by atoms with van der Waals surface area (Å²) in [7, 11) is 0. The lowest BCUT2D eigenvalue weighted by atomic mass is 10.0. The first-order valence-corrected chi connectivity index (χ1v) is 14.2. The van der Waals surface area contributed by atoms with E-state index in [9.17, 15) is 4.39 Å². The Hall–Kier alpha value is -5.67. The average Bonchev–Trinajstić information content (AvgIpc) is 3.46. The maximum Gasteiger partial charge on any atom is 0.234 e. The fraction of sp³-hybridized carbons (Fsp3) is 0.188. The van der Waals surface area contributed by atoms with Gasteiger partial charge in [-0.15, -0.1) is 0 Å². The van der Waals surface area contributed by atoms with Gasteiger partial charge in [-0.1, -0.05) is 12.1 Å². The lowest BCUT2D eigenvalue weighted by Gasteiger charge is -2.32. The van der Waals surface area contributed by atoms with Gasteiger partial charge in [0.15, 0.2) is 5.65 Å². The van der Waals surface area contributed by atoms with E-state index in [1.54, 1.807) is 30.7 Å². The third-order valence-electron chi connectivity index (χ3n) is 7.61. The van der Waals surface area contributed by atoms with Gasteiger partial charge in [0.1, 0.15) is 35.4 Å². The van der Waals surface area contributed by atoms with Crippen LogP contribution in [0.4, 0.5) is 10.2 Å². The minimum atomic E-state index is -0.398. The third-order valence-corrected chi connectivity index (χ3v) is 7.61. The van der Waals surface area contributed by atoms with Crippen molar-refractivity contribution in [2.24, 2.45) is 0 Å². The molecule has 0 unspecified atom stereocenters. The van der Waals surface area contributed by atoms with Crippen LogP contribution < -0.4 is 5.32 Å². The third kappa shape index (κ3) is 5.68. The van der Waals surface area contributed by atoms with Gasteiger partial charge in [-0.25, -0.2) is 34.3 Å². The maximum absolute atomic E-state index is 13.5. The van der Waals surface area contributed by atoms with E-state index in [0.717, 1.165) is 43.7 Å². The van der Waals surface area contributed by atoms with Crippen LogP contribution in [0.3, 0.4) is 0 Å². The number of anilines is 1. The monoisotopic (exact) mass is 583 g/mol. The van der Waals surface area contributed by atoms with Crippen LogP contribution in [-0.4, -0.2) is 63.5 Å². The summed E-state index contributed by atoms with van der Waals surface area (Å²) in [5.41, 5.74) is 5.42. The van der Waals surface area contributed by atoms with Gasteiger partial charge >= 0.3 is 0 Å². The van der Waals surface area contributed by atoms with E-state index in [1.807, 2.05) is 22.8 Å². The summed E-state index contributed by atoms with van der Waals surface area (Å²) >= 11 is 0. The van der Waals surface area contributed by atoms with Crippen molar-refractivity contribution in [3.63, 3.8) is 0 Å². The van der Waals surface area contributed by atoms with Gasteiger partial charge in [0, 0.05) is 50.0 Å². The zero-order valence-corrected chi connectivity index (χ0v) is 23.5. The predicted molar refractivity (Wildman–Crippen MR) is 162 cm³/mol. The highest BCUT2D eigenvalue weighted by Gasteiger charge is 2.21. The number of benzene rings is 1. The fourth-order valence-corrected chi connectivity index (χ4v) is 5.43. The quantitative estimate of drug-likeness (QED) is 0.279. The molecule has 1 saturated heterocycles. The zero-order chi connectivity index (χ0) is 29.9. The molecule has 6 heterocycles. The Morgan fingerprint density at radius 3 is 2.41 bits per heavy atom. The standard InChI is InChI=1S/C32H26FN11/c33-23-3-6-26(38-18-23)27-7-8-28-32(40-27)44(31(41-28)22-16-35-20-36-17-22)25-4-1-21(2-5-25)19-43-13-10-24(11-14-43)39-29-9-12-37-30(15-34)42-29/h1-9,12,16-18,20,24H,10-11,13-14,19H2,(H,37,39,42). The summed E-state index contributed by atoms with van der Waals surface area (Å²) in [6, 6.07) is 19.2. The fourth-order valence-electron chi connectivity index (χ4n) is 5.43. The van der Waals surface area contributed by atoms with Crippen molar-refractivity contribution in [3.05, 3.63) is 103 Å². The molecule has 0 amide bonds. The van der Waals surface area contributed by atoms with Crippen LogP contribution in [0.2, 0.25) is 0 Å². The molecule has 1 fully saturated rings. The highest BCUT2D eigenvalue weighted by Crippen LogP contribution is 2.29. The minimum absolute atomic E-state index is 0.171. The maximum atomic E-state index is 13.5. The molecule has 216 valence electrons. The summed E-state index contributed by atoms with van der Waals surface area (Å²) in [5, 5.41) is 12.5. The Labute approximate surface area is 252 Å². The topological polar surface area (TPSA) is 134 Å². The highest BCUT2D eigenvalue weighted by molar-refractivity contribution is 5.82. The number of aromatic nitrogens is 8. The number of rotatable bonds is 7. The molecule has 12 heteroatoms. The Morgan fingerprint density at radius 2 is 1.66 bits per heavy atom. The zero-order valence-electron chi connectivity index (χ0n) is 23.5. The normalized spacial score (nSPS) is 14.0. The molecular weight excluding hydrogens is 557 g/mol. The first kappa shape index (κ1) is 27.2. The first-order chi connectivity index (χ1) is 21.6. The Balaban J connectivity index is 1.11. The molecule has 0 saturated carbocycles. The van der Waals surface area contributed by atoms with Gasteiger partial charge in [0.2, 0.25) is 5.82 Å². The van der Waals surface area contributed by atoms with Crippen LogP contribution in [0.1, 0.15) is 24.2 Å². The summed E-state index contributed by atoms with van der Waals surface area (Å²) in [4.78, 5) is 33.0. The van der Waals surface area contributed by atoms with Gasteiger partial charge in [-0.2, -0.15) is 5.26 Å². The van der Waals surface area contributed by atoms with Gasteiger partial charge < -0.3 is 5.32 Å². The van der Waals surface area contributed by atoms with Gasteiger partial charge in [0.25, 0.3) is 0 Å². The second-order valence-electron chi connectivity index (χ2n) is 10.5. The molecule has 44 heavy (non-hydrogen) atoms. The highest BCUT2D eigenvalue weighted by atomic mass is 19.1. The summed E-state index contributed by atoms with van der Waals surface area (Å²) in [6.45, 7) is 2.73. The summed E-state index contributed by atoms with van der Waals surface area (Å²) in [6.07, 6.45) is 9.69. The number of imidazole rings is 1. The van der Waals surface area contributed by atoms with Crippen LogP contribution in [0, 0.1) is 17.1 Å². The number of halogens is 1. The van der Waals surface area contributed by atoms with Crippen LogP contribution >= 0.6 is 0 Å². The minimum Gasteiger partial charge on any atom is -0.367 e. The van der Waals surface area contributed by atoms with Crippen molar-refractivity contribution in [2.45, 2.75) is 25.4 Å². The molecular formula is C32H26FN11. The predicted octanol–water partition coefficient (Wildman–Crippen LogP) is 4.82. The Morgan fingerprint density at radius 1 is 0.864 bits per heavy atom. The van der Waals surface area contributed by atoms with E-state index in [1.165, 1.54) is 24.2 Å². The van der Waals surface area contributed by atoms with Crippen LogP contribution in [0.25, 0.3) is 39.6 Å². The van der Waals surface area contributed by atoms with Crippen molar-refractivity contribution < 1.29 is 4.39 Å². The van der Waals surface area contributed by atoms with E-state index < -0.39 is 5.82 Å². The number of nitrogens with one attached hydrogen (secondary N) is 1. The summed E-state index contributed by atoms with van der Waals surface area (Å²) < 4.78 is 15.5. The van der Waals surface area contributed by atoms with E-state index in [-0.39, 0.29) is 5.82 Å². The number of likely N-dealkylation sites (tertiary alicyclic amines) is 1. The van der Waals surface area contributed by atoms with Crippen molar-refractivity contribution in [1.82, 2.24) is 44.4 Å². The number of hydrogen-bond acceptors (Lipinski definition) is 10. The van der Waals surface area contributed by atoms with E-state index in [2.05, 4.69) is 59.4 Å². The van der Waals surface area contributed by atoms with Crippen LogP contribution in [-0.2, 0) is 6.54 Å². The molecule has 11 nitrogen and oxygen atoms in total. The molecule has 1 aliphatic rings. The number of hydrogen-bond donors (Lipinski definition) is 1. The molecule has 5 aromatic heterocycles. The van der Waals surface area contributed by atoms with Gasteiger partial charge in [-0.3, -0.25) is 14.5 Å². The number of nitriles is 1. The Bertz CT molecular complexity index is 1940. The molecule has 0 atom stereocenters. The van der Waals surface area contributed by atoms with Gasteiger partial charge in [0.05, 0.1) is 23.1 Å². The second-order valence-corrected chi connectivity index (χ2v) is 10.5. The summed E-state index contributed by atoms with van der Waals surface area (Å²) in [5.74, 6) is 1.13. The molecule has 0 radical (unpaired) electrons. The molecule has 0 aliphatic carbocycles. The second kappa shape index (κ2) is 11.9. The van der Waals surface area contributed by atoms with E-state index in [4.69, 9.17) is 15.2 Å². The van der Waals surface area contributed by atoms with Crippen molar-refractivity contribution >= 4 is 17.0 Å². The number of pyridine rings is 2. The smallest absolute Gasteiger partial charge is 0.234 e. The number of fused-ring (bicyclic) bond motifs is 1. The average molecular weight is 584 g/mol. The van der Waals surface area contributed by atoms with Gasteiger partial charge in [-0.05, 0) is 60.9 Å². The largest absolute Gasteiger partial charge is 0.367 e. The Kier molecular flexibility index (Phi) is 7.35. The lowest BCUT2D eigenvalue weighted by Crippen LogP contribution is -2.38. The first-order valence-electron chi connectivity index (χ1n) is 14.2. The molecule has 0 bridgehead atoms.